The lowest BCUT2D eigenvalue weighted by atomic mass is 10.3. The average molecular weight is 385 g/mol. The third-order valence-corrected chi connectivity index (χ3v) is 3.50. The summed E-state index contributed by atoms with van der Waals surface area (Å²) in [5, 5.41) is 6.13. The Balaban J connectivity index is 1.81. The largest absolute Gasteiger partial charge is 0.476 e. The SMILES string of the molecule is CCNC(=NCc1nc(C)c(C)o1)NCCOc1ccc(C(F)(F)F)cn1. The van der Waals surface area contributed by atoms with Crippen LogP contribution in [0, 0.1) is 13.8 Å². The van der Waals surface area contributed by atoms with Crippen LogP contribution in [0.2, 0.25) is 0 Å². The van der Waals surface area contributed by atoms with Crippen molar-refractivity contribution >= 4 is 5.96 Å². The number of aliphatic imine (C=N–C) groups is 1. The predicted molar refractivity (Wildman–Crippen MR) is 93.5 cm³/mol. The molecule has 0 aliphatic heterocycles. The van der Waals surface area contributed by atoms with Gasteiger partial charge in [0.15, 0.2) is 5.96 Å². The van der Waals surface area contributed by atoms with E-state index in [1.54, 1.807) is 0 Å². The number of alkyl halides is 3. The molecule has 0 spiro atoms. The molecule has 2 N–H and O–H groups in total. The van der Waals surface area contributed by atoms with Gasteiger partial charge in [0, 0.05) is 18.8 Å². The molecule has 7 nitrogen and oxygen atoms in total. The molecule has 148 valence electrons. The van der Waals surface area contributed by atoms with Gasteiger partial charge >= 0.3 is 6.18 Å². The van der Waals surface area contributed by atoms with E-state index in [9.17, 15) is 13.2 Å². The molecule has 0 saturated carbocycles. The van der Waals surface area contributed by atoms with Gasteiger partial charge in [-0.05, 0) is 26.8 Å². The van der Waals surface area contributed by atoms with Crippen molar-refractivity contribution in [1.82, 2.24) is 20.6 Å². The van der Waals surface area contributed by atoms with Crippen LogP contribution in [0.1, 0.15) is 29.8 Å². The van der Waals surface area contributed by atoms with Crippen molar-refractivity contribution in [1.29, 1.82) is 0 Å². The summed E-state index contributed by atoms with van der Waals surface area (Å²) in [4.78, 5) is 12.3. The Bertz CT molecular complexity index is 737. The molecule has 2 rings (SSSR count). The second kappa shape index (κ2) is 9.24. The number of hydrogen-bond donors (Lipinski definition) is 2. The minimum atomic E-state index is -4.41. The highest BCUT2D eigenvalue weighted by Crippen LogP contribution is 2.29. The summed E-state index contributed by atoms with van der Waals surface area (Å²) in [6.07, 6.45) is -3.67. The van der Waals surface area contributed by atoms with Gasteiger partial charge < -0.3 is 19.8 Å². The lowest BCUT2D eigenvalue weighted by Gasteiger charge is -2.12. The molecule has 0 amide bonds. The van der Waals surface area contributed by atoms with E-state index in [4.69, 9.17) is 9.15 Å². The van der Waals surface area contributed by atoms with Crippen LogP contribution in [0.5, 0.6) is 5.88 Å². The molecule has 0 aliphatic carbocycles. The zero-order chi connectivity index (χ0) is 19.9. The van der Waals surface area contributed by atoms with Crippen molar-refractivity contribution in [3.63, 3.8) is 0 Å². The maximum Gasteiger partial charge on any atom is 0.417 e. The summed E-state index contributed by atoms with van der Waals surface area (Å²) in [6.45, 7) is 7.17. The van der Waals surface area contributed by atoms with Crippen molar-refractivity contribution in [2.75, 3.05) is 19.7 Å². The maximum absolute atomic E-state index is 12.5. The molecule has 0 fully saturated rings. The van der Waals surface area contributed by atoms with Crippen LogP contribution in [0.15, 0.2) is 27.7 Å². The zero-order valence-electron chi connectivity index (χ0n) is 15.4. The topological polar surface area (TPSA) is 84.6 Å². The number of hydrogen-bond acceptors (Lipinski definition) is 5. The fraction of sp³-hybridized carbons (Fsp3) is 0.471. The monoisotopic (exact) mass is 385 g/mol. The van der Waals surface area contributed by atoms with Crippen LogP contribution in [-0.4, -0.2) is 35.6 Å². The highest BCUT2D eigenvalue weighted by atomic mass is 19.4. The third kappa shape index (κ3) is 6.46. The first-order valence-electron chi connectivity index (χ1n) is 8.40. The number of rotatable bonds is 7. The Hall–Kier alpha value is -2.78. The molecule has 2 aromatic rings. The molecule has 0 aromatic carbocycles. The maximum atomic E-state index is 12.5. The van der Waals surface area contributed by atoms with Crippen molar-refractivity contribution in [2.24, 2.45) is 4.99 Å². The van der Waals surface area contributed by atoms with E-state index >= 15 is 0 Å². The number of halogens is 3. The molecule has 0 unspecified atom stereocenters. The Morgan fingerprint density at radius 2 is 2.04 bits per heavy atom. The van der Waals surface area contributed by atoms with E-state index < -0.39 is 11.7 Å². The molecular weight excluding hydrogens is 363 g/mol. The van der Waals surface area contributed by atoms with Crippen LogP contribution in [0.25, 0.3) is 0 Å². The van der Waals surface area contributed by atoms with Gasteiger partial charge in [0.1, 0.15) is 18.9 Å². The van der Waals surface area contributed by atoms with Crippen LogP contribution in [0.3, 0.4) is 0 Å². The minimum absolute atomic E-state index is 0.123. The highest BCUT2D eigenvalue weighted by molar-refractivity contribution is 5.79. The molecule has 0 bridgehead atoms. The molecule has 0 radical (unpaired) electrons. The van der Waals surface area contributed by atoms with E-state index in [2.05, 4.69) is 25.6 Å². The highest BCUT2D eigenvalue weighted by Gasteiger charge is 2.30. The molecule has 2 aromatic heterocycles. The molecule has 2 heterocycles. The zero-order valence-corrected chi connectivity index (χ0v) is 15.4. The van der Waals surface area contributed by atoms with Crippen LogP contribution < -0.4 is 15.4 Å². The summed E-state index contributed by atoms with van der Waals surface area (Å²) in [6, 6.07) is 2.12. The van der Waals surface area contributed by atoms with Gasteiger partial charge in [0.2, 0.25) is 11.8 Å². The first-order chi connectivity index (χ1) is 12.8. The molecule has 0 saturated heterocycles. The quantitative estimate of drug-likeness (QED) is 0.433. The molecule has 0 aliphatic rings. The smallest absolute Gasteiger partial charge is 0.417 e. The summed E-state index contributed by atoms with van der Waals surface area (Å²) >= 11 is 0. The molecule has 0 atom stereocenters. The number of pyridine rings is 1. The number of nitrogens with zero attached hydrogens (tertiary/aromatic N) is 3. The fourth-order valence-electron chi connectivity index (χ4n) is 2.05. The summed E-state index contributed by atoms with van der Waals surface area (Å²) < 4.78 is 48.3. The van der Waals surface area contributed by atoms with E-state index in [-0.39, 0.29) is 19.0 Å². The average Bonchev–Trinajstić information content (AvgIpc) is 2.94. The lowest BCUT2D eigenvalue weighted by molar-refractivity contribution is -0.137. The number of guanidine groups is 1. The number of aromatic nitrogens is 2. The van der Waals surface area contributed by atoms with Crippen LogP contribution in [0.4, 0.5) is 13.2 Å². The van der Waals surface area contributed by atoms with Crippen molar-refractivity contribution < 1.29 is 22.3 Å². The van der Waals surface area contributed by atoms with Crippen molar-refractivity contribution in [3.8, 4) is 5.88 Å². The van der Waals surface area contributed by atoms with Crippen molar-refractivity contribution in [2.45, 2.75) is 33.5 Å². The predicted octanol–water partition coefficient (Wildman–Crippen LogP) is 2.84. The van der Waals surface area contributed by atoms with Gasteiger partial charge in [-0.2, -0.15) is 13.2 Å². The van der Waals surface area contributed by atoms with Gasteiger partial charge in [-0.25, -0.2) is 15.0 Å². The second-order valence-electron chi connectivity index (χ2n) is 5.60. The lowest BCUT2D eigenvalue weighted by Crippen LogP contribution is -2.39. The fourth-order valence-corrected chi connectivity index (χ4v) is 2.05. The summed E-state index contributed by atoms with van der Waals surface area (Å²) in [5.41, 5.74) is 0.0159. The van der Waals surface area contributed by atoms with E-state index in [1.165, 1.54) is 6.07 Å². The molecular formula is C17H22F3N5O2. The van der Waals surface area contributed by atoms with Crippen LogP contribution >= 0.6 is 0 Å². The number of ether oxygens (including phenoxy) is 1. The normalized spacial score (nSPS) is 12.1. The van der Waals surface area contributed by atoms with Gasteiger partial charge in [0.05, 0.1) is 17.8 Å². The van der Waals surface area contributed by atoms with Crippen molar-refractivity contribution in [3.05, 3.63) is 41.2 Å². The number of oxazole rings is 1. The minimum Gasteiger partial charge on any atom is -0.476 e. The Kier molecular flexibility index (Phi) is 7.03. The summed E-state index contributed by atoms with van der Waals surface area (Å²) in [7, 11) is 0. The number of nitrogens with one attached hydrogen (secondary N) is 2. The Labute approximate surface area is 155 Å². The molecule has 27 heavy (non-hydrogen) atoms. The Morgan fingerprint density at radius 1 is 1.26 bits per heavy atom. The van der Waals surface area contributed by atoms with Crippen LogP contribution in [-0.2, 0) is 12.7 Å². The van der Waals surface area contributed by atoms with Gasteiger partial charge in [0.25, 0.3) is 0 Å². The third-order valence-electron chi connectivity index (χ3n) is 3.50. The standard InChI is InChI=1S/C17H22F3N5O2/c1-4-21-16(24-10-15-25-11(2)12(3)27-15)22-7-8-26-14-6-5-13(9-23-14)17(18,19)20/h5-6,9H,4,7-8,10H2,1-3H3,(H2,21,22,24). The molecule has 10 heteroatoms. The van der Waals surface area contributed by atoms with Gasteiger partial charge in [-0.3, -0.25) is 0 Å². The van der Waals surface area contributed by atoms with Gasteiger partial charge in [-0.15, -0.1) is 0 Å². The van der Waals surface area contributed by atoms with E-state index in [0.29, 0.717) is 24.9 Å². The van der Waals surface area contributed by atoms with Gasteiger partial charge in [-0.1, -0.05) is 0 Å². The Morgan fingerprint density at radius 3 is 2.59 bits per heavy atom. The van der Waals surface area contributed by atoms with E-state index in [0.717, 1.165) is 23.7 Å². The second-order valence-corrected chi connectivity index (χ2v) is 5.60. The first-order valence-corrected chi connectivity index (χ1v) is 8.40. The first kappa shape index (κ1) is 20.5. The number of aryl methyl sites for hydroxylation is 2. The summed E-state index contributed by atoms with van der Waals surface area (Å²) in [5.74, 6) is 1.95. The van der Waals surface area contributed by atoms with E-state index in [1.807, 2.05) is 20.8 Å².